The van der Waals surface area contributed by atoms with E-state index in [0.717, 1.165) is 10.8 Å². The van der Waals surface area contributed by atoms with Gasteiger partial charge in [0.2, 0.25) is 5.29 Å². The van der Waals surface area contributed by atoms with E-state index in [4.69, 9.17) is 21.4 Å². The summed E-state index contributed by atoms with van der Waals surface area (Å²) in [6.07, 6.45) is -2.30. The van der Waals surface area contributed by atoms with Crippen LogP contribution in [-0.4, -0.2) is 38.6 Å². The second-order valence-electron chi connectivity index (χ2n) is 4.40. The molecule has 1 aliphatic rings. The monoisotopic (exact) mass is 324 g/mol. The SMILES string of the molecule is O=c1[nH]c(=O)n([C@H]2C[C@H](O)[C@@H](CO)O2)cc1C(F)=C(F)Cl. The van der Waals surface area contributed by atoms with Gasteiger partial charge < -0.3 is 14.9 Å². The second-order valence-corrected chi connectivity index (χ2v) is 4.73. The number of ether oxygens (including phenoxy) is 1. The highest BCUT2D eigenvalue weighted by Gasteiger charge is 2.35. The van der Waals surface area contributed by atoms with Crippen molar-refractivity contribution in [1.82, 2.24) is 9.55 Å². The lowest BCUT2D eigenvalue weighted by Gasteiger charge is -2.14. The fraction of sp³-hybridized carbons (Fsp3) is 0.455. The number of aliphatic hydroxyl groups excluding tert-OH is 2. The summed E-state index contributed by atoms with van der Waals surface area (Å²) in [5.41, 5.74) is -2.86. The number of aliphatic hydroxyl groups is 2. The molecular formula is C11H11ClF2N2O5. The van der Waals surface area contributed by atoms with Crippen LogP contribution in [0.25, 0.3) is 5.83 Å². The Hall–Kier alpha value is -1.55. The molecule has 0 saturated carbocycles. The number of hydrogen-bond acceptors (Lipinski definition) is 5. The highest BCUT2D eigenvalue weighted by molar-refractivity contribution is 6.30. The van der Waals surface area contributed by atoms with Gasteiger partial charge in [-0.05, 0) is 11.6 Å². The van der Waals surface area contributed by atoms with E-state index in [1.807, 2.05) is 0 Å². The summed E-state index contributed by atoms with van der Waals surface area (Å²) in [5, 5.41) is 16.8. The Morgan fingerprint density at radius 3 is 2.71 bits per heavy atom. The van der Waals surface area contributed by atoms with Gasteiger partial charge in [-0.1, -0.05) is 0 Å². The topological polar surface area (TPSA) is 105 Å². The van der Waals surface area contributed by atoms with E-state index >= 15 is 0 Å². The smallest absolute Gasteiger partial charge is 0.330 e. The van der Waals surface area contributed by atoms with Crippen LogP contribution in [0.3, 0.4) is 0 Å². The molecule has 3 atom stereocenters. The molecule has 1 aromatic heterocycles. The summed E-state index contributed by atoms with van der Waals surface area (Å²) in [5.74, 6) is -1.62. The molecule has 2 heterocycles. The average Bonchev–Trinajstić information content (AvgIpc) is 2.79. The Bertz CT molecular complexity index is 682. The quantitative estimate of drug-likeness (QED) is 0.725. The number of hydrogen-bond donors (Lipinski definition) is 3. The van der Waals surface area contributed by atoms with Crippen LogP contribution in [0.4, 0.5) is 8.78 Å². The molecule has 2 rings (SSSR count). The van der Waals surface area contributed by atoms with Gasteiger partial charge in [-0.15, -0.1) is 0 Å². The first-order valence-corrected chi connectivity index (χ1v) is 6.24. The number of nitrogens with one attached hydrogen (secondary N) is 1. The summed E-state index contributed by atoms with van der Waals surface area (Å²) in [6, 6.07) is 0. The van der Waals surface area contributed by atoms with Gasteiger partial charge in [0.25, 0.3) is 5.56 Å². The zero-order chi connectivity index (χ0) is 15.7. The van der Waals surface area contributed by atoms with Crippen LogP contribution in [0.5, 0.6) is 0 Å². The van der Waals surface area contributed by atoms with Crippen LogP contribution in [0.2, 0.25) is 0 Å². The van der Waals surface area contributed by atoms with E-state index in [1.165, 1.54) is 0 Å². The van der Waals surface area contributed by atoms with Gasteiger partial charge in [-0.3, -0.25) is 14.3 Å². The molecule has 3 N–H and O–H groups in total. The molecule has 0 unspecified atom stereocenters. The highest BCUT2D eigenvalue weighted by atomic mass is 35.5. The fourth-order valence-electron chi connectivity index (χ4n) is 2.01. The molecular weight excluding hydrogens is 314 g/mol. The van der Waals surface area contributed by atoms with Gasteiger partial charge in [-0.25, -0.2) is 9.18 Å². The maximum Gasteiger partial charge on any atom is 0.330 e. The number of aromatic amines is 1. The predicted octanol–water partition coefficient (Wildman–Crippen LogP) is -0.0188. The maximum absolute atomic E-state index is 13.4. The van der Waals surface area contributed by atoms with Crippen molar-refractivity contribution in [2.24, 2.45) is 0 Å². The molecule has 0 aromatic carbocycles. The molecule has 7 nitrogen and oxygen atoms in total. The van der Waals surface area contributed by atoms with Crippen LogP contribution in [0, 0.1) is 0 Å². The molecule has 1 aromatic rings. The molecule has 116 valence electrons. The van der Waals surface area contributed by atoms with E-state index < -0.39 is 53.0 Å². The lowest BCUT2D eigenvalue weighted by molar-refractivity contribution is -0.0459. The van der Waals surface area contributed by atoms with Crippen molar-refractivity contribution < 1.29 is 23.7 Å². The van der Waals surface area contributed by atoms with Gasteiger partial charge >= 0.3 is 5.69 Å². The van der Waals surface area contributed by atoms with Gasteiger partial charge in [0.15, 0.2) is 5.83 Å². The molecule has 10 heteroatoms. The summed E-state index contributed by atoms with van der Waals surface area (Å²) < 4.78 is 32.1. The third-order valence-electron chi connectivity index (χ3n) is 3.06. The van der Waals surface area contributed by atoms with Crippen LogP contribution in [-0.2, 0) is 4.74 Å². The summed E-state index contributed by atoms with van der Waals surface area (Å²) in [7, 11) is 0. The summed E-state index contributed by atoms with van der Waals surface area (Å²) in [6.45, 7) is -0.479. The Kier molecular flexibility index (Phi) is 4.57. The van der Waals surface area contributed by atoms with Crippen LogP contribution in [0.15, 0.2) is 21.1 Å². The van der Waals surface area contributed by atoms with Crippen molar-refractivity contribution in [3.05, 3.63) is 37.9 Å². The molecule has 0 radical (unpaired) electrons. The van der Waals surface area contributed by atoms with E-state index in [2.05, 4.69) is 0 Å². The van der Waals surface area contributed by atoms with E-state index in [1.54, 1.807) is 4.98 Å². The van der Waals surface area contributed by atoms with Crippen molar-refractivity contribution in [1.29, 1.82) is 0 Å². The predicted molar refractivity (Wildman–Crippen MR) is 67.9 cm³/mol. The van der Waals surface area contributed by atoms with E-state index in [0.29, 0.717) is 0 Å². The minimum Gasteiger partial charge on any atom is -0.394 e. The van der Waals surface area contributed by atoms with Gasteiger partial charge in [0.05, 0.1) is 18.3 Å². The zero-order valence-corrected chi connectivity index (χ0v) is 11.2. The van der Waals surface area contributed by atoms with Crippen molar-refractivity contribution >= 4 is 17.4 Å². The number of nitrogens with zero attached hydrogens (tertiary/aromatic N) is 1. The van der Waals surface area contributed by atoms with Crippen molar-refractivity contribution in [2.45, 2.75) is 24.9 Å². The lowest BCUT2D eigenvalue weighted by atomic mass is 10.2. The normalized spacial score (nSPS) is 26.8. The Morgan fingerprint density at radius 1 is 1.52 bits per heavy atom. The van der Waals surface area contributed by atoms with Crippen molar-refractivity contribution in [2.75, 3.05) is 6.61 Å². The van der Waals surface area contributed by atoms with E-state index in [-0.39, 0.29) is 6.42 Å². The van der Waals surface area contributed by atoms with Crippen LogP contribution in [0.1, 0.15) is 18.2 Å². The first-order chi connectivity index (χ1) is 9.85. The lowest BCUT2D eigenvalue weighted by Crippen LogP contribution is -2.34. The first kappa shape index (κ1) is 15.8. The average molecular weight is 325 g/mol. The molecule has 0 spiro atoms. The Morgan fingerprint density at radius 2 is 2.19 bits per heavy atom. The molecule has 1 fully saturated rings. The van der Waals surface area contributed by atoms with Crippen LogP contribution >= 0.6 is 11.6 Å². The molecule has 0 amide bonds. The standard InChI is InChI=1S/C11H11ClF2N2O5/c12-9(14)8(13)4-2-16(11(20)15-10(4)19)7-1-5(18)6(3-17)21-7/h2,5-7,17-18H,1,3H2,(H,15,19,20)/t5-,6+,7+/m0/s1. The zero-order valence-electron chi connectivity index (χ0n) is 10.4. The third-order valence-corrected chi connectivity index (χ3v) is 3.23. The van der Waals surface area contributed by atoms with Gasteiger partial charge in [0, 0.05) is 12.6 Å². The van der Waals surface area contributed by atoms with Crippen molar-refractivity contribution in [3.8, 4) is 0 Å². The van der Waals surface area contributed by atoms with Crippen molar-refractivity contribution in [3.63, 3.8) is 0 Å². The Balaban J connectivity index is 2.47. The van der Waals surface area contributed by atoms with Gasteiger partial charge in [-0.2, -0.15) is 4.39 Å². The molecule has 1 saturated heterocycles. The molecule has 0 aliphatic carbocycles. The Labute approximate surface area is 121 Å². The third kappa shape index (κ3) is 3.05. The molecule has 1 aliphatic heterocycles. The highest BCUT2D eigenvalue weighted by Crippen LogP contribution is 2.28. The number of aromatic nitrogens is 2. The largest absolute Gasteiger partial charge is 0.394 e. The number of H-pyrrole nitrogens is 1. The molecule has 21 heavy (non-hydrogen) atoms. The molecule has 0 bridgehead atoms. The summed E-state index contributed by atoms with van der Waals surface area (Å²) in [4.78, 5) is 24.9. The number of halogens is 3. The van der Waals surface area contributed by atoms with Crippen LogP contribution < -0.4 is 11.2 Å². The van der Waals surface area contributed by atoms with Gasteiger partial charge in [0.1, 0.15) is 12.3 Å². The number of rotatable bonds is 3. The maximum atomic E-state index is 13.4. The minimum absolute atomic E-state index is 0.0642. The minimum atomic E-state index is -1.73. The first-order valence-electron chi connectivity index (χ1n) is 5.86. The fourth-order valence-corrected chi connectivity index (χ4v) is 2.11. The second kappa shape index (κ2) is 6.06. The summed E-state index contributed by atoms with van der Waals surface area (Å²) >= 11 is 4.85. The van der Waals surface area contributed by atoms with E-state index in [9.17, 15) is 23.5 Å².